The largest absolute Gasteiger partial charge is 0.377 e. The maximum atomic E-state index is 4.89. The summed E-state index contributed by atoms with van der Waals surface area (Å²) in [6.07, 6.45) is 36.1. The van der Waals surface area contributed by atoms with E-state index in [-0.39, 0.29) is 12.1 Å². The predicted molar refractivity (Wildman–Crippen MR) is 181 cm³/mol. The summed E-state index contributed by atoms with van der Waals surface area (Å²) in [5, 5.41) is 6.60. The van der Waals surface area contributed by atoms with Gasteiger partial charge in [0.25, 0.3) is 0 Å². The Labute approximate surface area is 256 Å². The summed E-state index contributed by atoms with van der Waals surface area (Å²) in [6.45, 7) is 2.32. The molecule has 0 aromatic heterocycles. The average Bonchev–Trinajstić information content (AvgIpc) is 3.07. The van der Waals surface area contributed by atoms with E-state index in [9.17, 15) is 0 Å². The van der Waals surface area contributed by atoms with Crippen LogP contribution in [0.2, 0.25) is 0 Å². The first-order chi connectivity index (χ1) is 21.2. The second kappa shape index (κ2) is 11.2. The van der Waals surface area contributed by atoms with Crippen molar-refractivity contribution < 1.29 is 0 Å². The van der Waals surface area contributed by atoms with Crippen LogP contribution >= 0.6 is 0 Å². The first kappa shape index (κ1) is 26.5. The molecule has 0 saturated heterocycles. The molecule has 0 spiro atoms. The van der Waals surface area contributed by atoms with Gasteiger partial charge in [-0.15, -0.1) is 0 Å². The fraction of sp³-hybridized carbons (Fsp3) is 0.293. The lowest BCUT2D eigenvalue weighted by Gasteiger charge is -2.38. The van der Waals surface area contributed by atoms with Crippen molar-refractivity contribution in [1.82, 2.24) is 5.32 Å². The number of nitrogens with one attached hydrogen (secondary N) is 1. The minimum Gasteiger partial charge on any atom is -0.377 e. The van der Waals surface area contributed by atoms with Crippen molar-refractivity contribution in [3.05, 3.63) is 155 Å². The van der Waals surface area contributed by atoms with Crippen LogP contribution in [0, 0.1) is 23.7 Å². The van der Waals surface area contributed by atoms with Crippen LogP contribution in [0.25, 0.3) is 10.8 Å². The molecule has 6 atom stereocenters. The molecule has 1 N–H and O–H groups in total. The molecule has 0 bridgehead atoms. The Kier molecular flexibility index (Phi) is 6.86. The Morgan fingerprint density at radius 3 is 2.67 bits per heavy atom. The van der Waals surface area contributed by atoms with E-state index in [1.54, 1.807) is 5.57 Å². The highest BCUT2D eigenvalue weighted by Gasteiger charge is 2.34. The molecule has 2 aliphatic heterocycles. The van der Waals surface area contributed by atoms with E-state index in [4.69, 9.17) is 4.99 Å². The van der Waals surface area contributed by atoms with Gasteiger partial charge in [-0.05, 0) is 106 Å². The summed E-state index contributed by atoms with van der Waals surface area (Å²) < 4.78 is 0. The topological polar surface area (TPSA) is 24.4 Å². The standard InChI is InChI=1S/C41H40N2/c1-27-7-4-11-32(23-27)34-20-21-37-38(26-39(43-40(37)25-34)35-19-14-28-8-2-3-9-33(28)24-35)30-17-15-29(16-18-30)36-13-5-10-31-12-6-22-42-41(31)36/h2-6,8-14,17,19-20,22-27,29,31,37,39,41,43H,7,15-16,18,21H2,1H3. The van der Waals surface area contributed by atoms with E-state index < -0.39 is 0 Å². The molecule has 6 aliphatic rings. The number of fused-ring (bicyclic) bond motifs is 3. The van der Waals surface area contributed by atoms with Crippen LogP contribution < -0.4 is 5.32 Å². The fourth-order valence-corrected chi connectivity index (χ4v) is 7.97. The van der Waals surface area contributed by atoms with Crippen molar-refractivity contribution >= 4 is 17.0 Å². The second-order valence-electron chi connectivity index (χ2n) is 13.1. The van der Waals surface area contributed by atoms with Crippen LogP contribution in [0.1, 0.15) is 50.6 Å². The van der Waals surface area contributed by atoms with Gasteiger partial charge >= 0.3 is 0 Å². The van der Waals surface area contributed by atoms with Crippen LogP contribution in [0.5, 0.6) is 0 Å². The molecule has 2 heteroatoms. The second-order valence-corrected chi connectivity index (χ2v) is 13.1. The van der Waals surface area contributed by atoms with Crippen molar-refractivity contribution in [3.8, 4) is 0 Å². The molecule has 2 nitrogen and oxygen atoms in total. The molecular weight excluding hydrogens is 520 g/mol. The Balaban J connectivity index is 1.12. The quantitative estimate of drug-likeness (QED) is 0.396. The predicted octanol–water partition coefficient (Wildman–Crippen LogP) is 9.61. The van der Waals surface area contributed by atoms with E-state index in [1.165, 1.54) is 50.7 Å². The van der Waals surface area contributed by atoms with Gasteiger partial charge in [0.1, 0.15) is 0 Å². The Morgan fingerprint density at radius 2 is 1.79 bits per heavy atom. The lowest BCUT2D eigenvalue weighted by Crippen LogP contribution is -2.33. The smallest absolute Gasteiger partial charge is 0.0812 e. The Bertz CT molecular complexity index is 1760. The number of benzene rings is 2. The van der Waals surface area contributed by atoms with Crippen LogP contribution in [-0.2, 0) is 0 Å². The maximum absolute atomic E-state index is 4.89. The molecule has 0 amide bonds. The summed E-state index contributed by atoms with van der Waals surface area (Å²) in [5.74, 6) is 1.97. The van der Waals surface area contributed by atoms with E-state index in [0.29, 0.717) is 23.7 Å². The molecule has 0 fully saturated rings. The minimum absolute atomic E-state index is 0.158. The van der Waals surface area contributed by atoms with Crippen LogP contribution in [-0.4, -0.2) is 12.3 Å². The molecule has 43 heavy (non-hydrogen) atoms. The van der Waals surface area contributed by atoms with E-state index >= 15 is 0 Å². The number of rotatable bonds is 4. The highest BCUT2D eigenvalue weighted by Crippen LogP contribution is 2.45. The normalized spacial score (nSPS) is 31.1. The lowest BCUT2D eigenvalue weighted by molar-refractivity contribution is 0.472. The summed E-state index contributed by atoms with van der Waals surface area (Å²) in [7, 11) is 0. The van der Waals surface area contributed by atoms with Gasteiger partial charge in [-0.1, -0.05) is 104 Å². The third kappa shape index (κ3) is 5.07. The van der Waals surface area contributed by atoms with Gasteiger partial charge in [0.05, 0.1) is 12.1 Å². The molecule has 0 radical (unpaired) electrons. The molecule has 2 aromatic rings. The third-order valence-corrected chi connectivity index (χ3v) is 10.3. The molecule has 0 saturated carbocycles. The van der Waals surface area contributed by atoms with Crippen LogP contribution in [0.15, 0.2) is 154 Å². The molecule has 6 unspecified atom stereocenters. The summed E-state index contributed by atoms with van der Waals surface area (Å²) in [4.78, 5) is 4.89. The van der Waals surface area contributed by atoms with Gasteiger partial charge in [0.15, 0.2) is 0 Å². The lowest BCUT2D eigenvalue weighted by atomic mass is 9.72. The summed E-state index contributed by atoms with van der Waals surface area (Å²) in [5.41, 5.74) is 10.1. The van der Waals surface area contributed by atoms with Crippen LogP contribution in [0.4, 0.5) is 0 Å². The fourth-order valence-electron chi connectivity index (χ4n) is 7.97. The molecule has 2 aromatic carbocycles. The van der Waals surface area contributed by atoms with E-state index in [2.05, 4.69) is 128 Å². The maximum Gasteiger partial charge on any atom is 0.0812 e. The van der Waals surface area contributed by atoms with E-state index in [0.717, 1.165) is 25.7 Å². The van der Waals surface area contributed by atoms with Crippen molar-refractivity contribution in [3.63, 3.8) is 0 Å². The SMILES string of the molecule is CC1C=C(C2=CCC3C(=C2)NC(c2ccc4ccccc4c2)C=C3C2=CCC(C3=CC=CC4C=CC=NC34)CC2)C=CC1. The monoisotopic (exact) mass is 560 g/mol. The zero-order valence-electron chi connectivity index (χ0n) is 25.0. The van der Waals surface area contributed by atoms with Gasteiger partial charge < -0.3 is 5.32 Å². The van der Waals surface area contributed by atoms with Crippen molar-refractivity contribution in [2.45, 2.75) is 51.1 Å². The van der Waals surface area contributed by atoms with Gasteiger partial charge in [-0.3, -0.25) is 4.99 Å². The third-order valence-electron chi connectivity index (χ3n) is 10.3. The average molecular weight is 561 g/mol. The van der Waals surface area contributed by atoms with E-state index in [1.807, 2.05) is 6.21 Å². The molecular formula is C41H40N2. The number of hydrogen-bond donors (Lipinski definition) is 1. The molecule has 2 heterocycles. The van der Waals surface area contributed by atoms with Gasteiger partial charge in [0.2, 0.25) is 0 Å². The highest BCUT2D eigenvalue weighted by molar-refractivity contribution is 5.83. The van der Waals surface area contributed by atoms with Gasteiger partial charge in [-0.25, -0.2) is 0 Å². The van der Waals surface area contributed by atoms with Crippen molar-refractivity contribution in [2.24, 2.45) is 28.7 Å². The first-order valence-corrected chi connectivity index (χ1v) is 16.2. The summed E-state index contributed by atoms with van der Waals surface area (Å²) in [6, 6.07) is 16.1. The number of aliphatic imine (C=N–C) groups is 1. The van der Waals surface area contributed by atoms with Crippen LogP contribution in [0.3, 0.4) is 0 Å². The highest BCUT2D eigenvalue weighted by atomic mass is 14.9. The first-order valence-electron chi connectivity index (χ1n) is 16.2. The Hall–Kier alpha value is -4.17. The molecule has 214 valence electrons. The number of dihydropyridines is 1. The molecule has 8 rings (SSSR count). The van der Waals surface area contributed by atoms with Crippen molar-refractivity contribution in [2.75, 3.05) is 0 Å². The Morgan fingerprint density at radius 1 is 0.884 bits per heavy atom. The zero-order chi connectivity index (χ0) is 28.8. The van der Waals surface area contributed by atoms with Crippen molar-refractivity contribution in [1.29, 1.82) is 0 Å². The van der Waals surface area contributed by atoms with Gasteiger partial charge in [0, 0.05) is 23.7 Å². The minimum atomic E-state index is 0.158. The number of allylic oxidation sites excluding steroid dienone is 13. The zero-order valence-corrected chi connectivity index (χ0v) is 25.0. The molecule has 4 aliphatic carbocycles. The summed E-state index contributed by atoms with van der Waals surface area (Å²) >= 11 is 0. The number of hydrogen-bond acceptors (Lipinski definition) is 2. The number of nitrogens with zero attached hydrogens (tertiary/aromatic N) is 1. The van der Waals surface area contributed by atoms with Gasteiger partial charge in [-0.2, -0.15) is 0 Å².